The molecule has 6 nitrogen and oxygen atoms in total. The van der Waals surface area contributed by atoms with Crippen LogP contribution >= 0.6 is 19.6 Å². The molecule has 1 aromatic heterocycles. The zero-order valence-corrected chi connectivity index (χ0v) is 20.0. The normalized spacial score (nSPS) is 12.0. The Kier molecular flexibility index (Phi) is 10.9. The average molecular weight is 475 g/mol. The van der Waals surface area contributed by atoms with E-state index in [1.165, 1.54) is 5.56 Å². The highest BCUT2D eigenvalue weighted by Crippen LogP contribution is 2.32. The van der Waals surface area contributed by atoms with E-state index in [9.17, 15) is 4.57 Å². The minimum absolute atomic E-state index is 0.282. The van der Waals surface area contributed by atoms with Gasteiger partial charge < -0.3 is 19.5 Å². The molecule has 0 aliphatic carbocycles. The highest BCUT2D eigenvalue weighted by Gasteiger charge is 2.10. The highest BCUT2D eigenvalue weighted by atomic mass is 32.1. The quantitative estimate of drug-likeness (QED) is 0.224. The van der Waals surface area contributed by atoms with Gasteiger partial charge in [0.05, 0.1) is 18.8 Å². The largest absolute Gasteiger partial charge is 0.493 e. The Morgan fingerprint density at radius 2 is 1.88 bits per heavy atom. The first kappa shape index (κ1) is 24.6. The first-order valence-electron chi connectivity index (χ1n) is 11.0. The first-order valence-corrected chi connectivity index (χ1v) is 13.1. The lowest BCUT2D eigenvalue weighted by Gasteiger charge is -2.13. The zero-order chi connectivity index (χ0) is 22.4. The summed E-state index contributed by atoms with van der Waals surface area (Å²) in [6.45, 7) is 2.39. The second-order valence-electron chi connectivity index (χ2n) is 7.46. The molecule has 0 bridgehead atoms. The van der Waals surface area contributed by atoms with E-state index < -0.39 is 8.25 Å². The molecule has 0 fully saturated rings. The molecule has 3 rings (SSSR count). The van der Waals surface area contributed by atoms with Crippen LogP contribution in [0, 0.1) is 0 Å². The molecule has 0 aliphatic rings. The fourth-order valence-corrected chi connectivity index (χ4v) is 4.34. The van der Waals surface area contributed by atoms with Gasteiger partial charge in [-0.15, -0.1) is 11.3 Å². The fraction of sp³-hybridized carbons (Fsp3) is 0.375. The predicted molar refractivity (Wildman–Crippen MR) is 131 cm³/mol. The van der Waals surface area contributed by atoms with Crippen molar-refractivity contribution in [3.8, 4) is 16.3 Å². The van der Waals surface area contributed by atoms with E-state index in [2.05, 4.69) is 52.8 Å². The molecular formula is C24H31N2O4PS. The average Bonchev–Trinajstić information content (AvgIpc) is 3.34. The SMILES string of the molecule is O=[PH](O)OCCCNCc1ccc(OCCCCCc2ccccc2)c(-c2nccs2)c1. The smallest absolute Gasteiger partial charge is 0.316 e. The molecule has 0 saturated carbocycles. The molecule has 0 amide bonds. The van der Waals surface area contributed by atoms with Gasteiger partial charge in [-0.1, -0.05) is 36.4 Å². The number of aryl methyl sites for hydroxylation is 1. The number of ether oxygens (including phenoxy) is 1. The van der Waals surface area contributed by atoms with Crippen LogP contribution in [0.3, 0.4) is 0 Å². The lowest BCUT2D eigenvalue weighted by atomic mass is 10.1. The maximum Gasteiger partial charge on any atom is 0.316 e. The molecule has 0 aliphatic heterocycles. The van der Waals surface area contributed by atoms with Crippen LogP contribution in [0.1, 0.15) is 36.8 Å². The summed E-state index contributed by atoms with van der Waals surface area (Å²) in [6, 6.07) is 16.8. The van der Waals surface area contributed by atoms with Gasteiger partial charge in [-0.05, 0) is 61.9 Å². The minimum Gasteiger partial charge on any atom is -0.493 e. The number of aromatic nitrogens is 1. The lowest BCUT2D eigenvalue weighted by molar-refractivity contribution is 0.276. The summed E-state index contributed by atoms with van der Waals surface area (Å²) in [5.41, 5.74) is 3.55. The first-order chi connectivity index (χ1) is 15.7. The molecular weight excluding hydrogens is 443 g/mol. The number of unbranched alkanes of at least 4 members (excludes halogenated alkanes) is 2. The third-order valence-electron chi connectivity index (χ3n) is 4.97. The lowest BCUT2D eigenvalue weighted by Crippen LogP contribution is -2.16. The topological polar surface area (TPSA) is 80.7 Å². The fourth-order valence-electron chi connectivity index (χ4n) is 3.36. The molecule has 8 heteroatoms. The Balaban J connectivity index is 1.45. The maximum atomic E-state index is 10.5. The number of rotatable bonds is 15. The standard InChI is InChI=1S/C24H31N2O4PS/c27-31(28)30-16-7-13-25-19-21-11-12-23(22(18-21)24-26-14-17-32-24)29-15-6-2-5-10-20-8-3-1-4-9-20/h1,3-4,8-9,11-12,14,17-18,25,31H,2,5-7,10,13,15-16,19H2,(H,27,28). The predicted octanol–water partition coefficient (Wildman–Crippen LogP) is 5.48. The molecule has 2 N–H and O–H groups in total. The molecule has 0 saturated heterocycles. The van der Waals surface area contributed by atoms with Gasteiger partial charge in [0, 0.05) is 18.1 Å². The van der Waals surface area contributed by atoms with Gasteiger partial charge in [0.15, 0.2) is 0 Å². The van der Waals surface area contributed by atoms with Crippen molar-refractivity contribution < 1.29 is 18.7 Å². The monoisotopic (exact) mass is 474 g/mol. The number of thiazole rings is 1. The minimum atomic E-state index is -2.83. The Hall–Kier alpha value is -2.02. The molecule has 1 atom stereocenters. The molecule has 2 aromatic carbocycles. The highest BCUT2D eigenvalue weighted by molar-refractivity contribution is 7.32. The van der Waals surface area contributed by atoms with E-state index in [0.717, 1.165) is 47.6 Å². The van der Waals surface area contributed by atoms with Crippen LogP contribution in [0.15, 0.2) is 60.1 Å². The Morgan fingerprint density at radius 1 is 1.00 bits per heavy atom. The van der Waals surface area contributed by atoms with Crippen LogP contribution < -0.4 is 10.1 Å². The summed E-state index contributed by atoms with van der Waals surface area (Å²) in [6.07, 6.45) is 6.93. The number of hydrogen-bond acceptors (Lipinski definition) is 6. The van der Waals surface area contributed by atoms with E-state index in [1.54, 1.807) is 11.3 Å². The van der Waals surface area contributed by atoms with Gasteiger partial charge >= 0.3 is 8.25 Å². The molecule has 172 valence electrons. The summed E-state index contributed by atoms with van der Waals surface area (Å²) in [5, 5.41) is 6.26. The third kappa shape index (κ3) is 8.85. The summed E-state index contributed by atoms with van der Waals surface area (Å²) >= 11 is 1.60. The van der Waals surface area contributed by atoms with Crippen LogP contribution in [0.4, 0.5) is 0 Å². The maximum absolute atomic E-state index is 10.5. The van der Waals surface area contributed by atoms with E-state index in [1.807, 2.05) is 17.6 Å². The molecule has 1 heterocycles. The van der Waals surface area contributed by atoms with Gasteiger partial charge in [-0.3, -0.25) is 4.57 Å². The van der Waals surface area contributed by atoms with E-state index >= 15 is 0 Å². The Bertz CT molecular complexity index is 938. The molecule has 0 spiro atoms. The molecule has 3 aromatic rings. The van der Waals surface area contributed by atoms with Gasteiger partial charge in [0.2, 0.25) is 0 Å². The van der Waals surface area contributed by atoms with Crippen molar-refractivity contribution in [1.82, 2.24) is 10.3 Å². The van der Waals surface area contributed by atoms with Crippen LogP contribution in [0.25, 0.3) is 10.6 Å². The third-order valence-corrected chi connectivity index (χ3v) is 6.23. The summed E-state index contributed by atoms with van der Waals surface area (Å²) in [4.78, 5) is 13.1. The zero-order valence-electron chi connectivity index (χ0n) is 18.2. The van der Waals surface area contributed by atoms with Crippen LogP contribution in [0.5, 0.6) is 5.75 Å². The molecule has 32 heavy (non-hydrogen) atoms. The van der Waals surface area contributed by atoms with Gasteiger partial charge in [0.1, 0.15) is 10.8 Å². The van der Waals surface area contributed by atoms with Crippen molar-refractivity contribution >= 4 is 19.6 Å². The van der Waals surface area contributed by atoms with E-state index in [-0.39, 0.29) is 6.61 Å². The number of hydrogen-bond donors (Lipinski definition) is 2. The Morgan fingerprint density at radius 3 is 2.66 bits per heavy atom. The van der Waals surface area contributed by atoms with Crippen molar-refractivity contribution in [3.63, 3.8) is 0 Å². The molecule has 0 radical (unpaired) electrons. The second kappa shape index (κ2) is 14.2. The Labute approximate surface area is 194 Å². The van der Waals surface area contributed by atoms with E-state index in [0.29, 0.717) is 26.1 Å². The summed E-state index contributed by atoms with van der Waals surface area (Å²) in [5.74, 6) is 0.869. The van der Waals surface area contributed by atoms with Gasteiger partial charge in [-0.25, -0.2) is 4.98 Å². The number of nitrogens with one attached hydrogen (secondary N) is 1. The van der Waals surface area contributed by atoms with Crippen LogP contribution in [0.2, 0.25) is 0 Å². The van der Waals surface area contributed by atoms with Crippen molar-refractivity contribution in [2.75, 3.05) is 19.8 Å². The summed E-state index contributed by atoms with van der Waals surface area (Å²) < 4.78 is 21.4. The van der Waals surface area contributed by atoms with Crippen molar-refractivity contribution in [1.29, 1.82) is 0 Å². The van der Waals surface area contributed by atoms with Crippen molar-refractivity contribution in [3.05, 3.63) is 71.2 Å². The second-order valence-corrected chi connectivity index (χ2v) is 9.17. The van der Waals surface area contributed by atoms with E-state index in [4.69, 9.17) is 14.2 Å². The van der Waals surface area contributed by atoms with Crippen LogP contribution in [-0.4, -0.2) is 29.6 Å². The van der Waals surface area contributed by atoms with Gasteiger partial charge in [-0.2, -0.15) is 0 Å². The summed E-state index contributed by atoms with van der Waals surface area (Å²) in [7, 11) is -2.83. The number of benzene rings is 2. The number of nitrogens with zero attached hydrogens (tertiary/aromatic N) is 1. The van der Waals surface area contributed by atoms with Crippen LogP contribution in [-0.2, 0) is 22.1 Å². The van der Waals surface area contributed by atoms with Crippen molar-refractivity contribution in [2.45, 2.75) is 38.6 Å². The molecule has 1 unspecified atom stereocenters. The van der Waals surface area contributed by atoms with Crippen molar-refractivity contribution in [2.24, 2.45) is 0 Å². The van der Waals surface area contributed by atoms with Gasteiger partial charge in [0.25, 0.3) is 0 Å².